The van der Waals surface area contributed by atoms with E-state index in [0.29, 0.717) is 31.2 Å². The number of piperidine rings is 1. The minimum Gasteiger partial charge on any atom is -0.493 e. The molecule has 2 N–H and O–H groups in total. The Labute approximate surface area is 160 Å². The molecule has 0 spiro atoms. The van der Waals surface area contributed by atoms with Crippen molar-refractivity contribution in [2.24, 2.45) is 0 Å². The number of ether oxygens (including phenoxy) is 2. The molecular weight excluding hydrogens is 344 g/mol. The van der Waals surface area contributed by atoms with E-state index < -0.39 is 0 Å². The number of H-pyrrole nitrogens is 1. The number of para-hydroxylation sites is 1. The second-order valence-corrected chi connectivity index (χ2v) is 6.72. The van der Waals surface area contributed by atoms with Crippen molar-refractivity contribution in [3.05, 3.63) is 42.0 Å². The zero-order chi connectivity index (χ0) is 19.1. The molecule has 3 rings (SSSR count). The van der Waals surface area contributed by atoms with E-state index in [4.69, 9.17) is 9.47 Å². The Kier molecular flexibility index (Phi) is 6.57. The van der Waals surface area contributed by atoms with E-state index in [-0.39, 0.29) is 11.9 Å². The summed E-state index contributed by atoms with van der Waals surface area (Å²) < 4.78 is 11.3. The summed E-state index contributed by atoms with van der Waals surface area (Å²) in [5, 5.41) is 3.02. The number of benzene rings is 1. The summed E-state index contributed by atoms with van der Waals surface area (Å²) in [6.07, 6.45) is 6.51. The smallest absolute Gasteiger partial charge is 0.317 e. The van der Waals surface area contributed by atoms with Crippen molar-refractivity contribution in [1.82, 2.24) is 20.2 Å². The Hall–Kier alpha value is -2.70. The summed E-state index contributed by atoms with van der Waals surface area (Å²) in [4.78, 5) is 22.0. The van der Waals surface area contributed by atoms with Gasteiger partial charge in [0.15, 0.2) is 11.5 Å². The number of aromatic amines is 1. The number of nitrogens with one attached hydrogen (secondary N) is 2. The van der Waals surface area contributed by atoms with Gasteiger partial charge in [0.2, 0.25) is 0 Å². The maximum atomic E-state index is 12.7. The number of rotatable bonds is 7. The molecule has 7 nitrogen and oxygen atoms in total. The summed E-state index contributed by atoms with van der Waals surface area (Å²) in [6, 6.07) is 5.67. The van der Waals surface area contributed by atoms with E-state index >= 15 is 0 Å². The monoisotopic (exact) mass is 372 g/mol. The lowest BCUT2D eigenvalue weighted by Crippen LogP contribution is -2.44. The van der Waals surface area contributed by atoms with Gasteiger partial charge in [0, 0.05) is 43.5 Å². The fourth-order valence-corrected chi connectivity index (χ4v) is 3.40. The second kappa shape index (κ2) is 9.30. The Morgan fingerprint density at radius 1 is 1.44 bits per heavy atom. The zero-order valence-corrected chi connectivity index (χ0v) is 16.0. The average Bonchev–Trinajstić information content (AvgIpc) is 3.25. The van der Waals surface area contributed by atoms with Crippen LogP contribution >= 0.6 is 0 Å². The van der Waals surface area contributed by atoms with Crippen LogP contribution in [-0.4, -0.2) is 47.7 Å². The van der Waals surface area contributed by atoms with Crippen molar-refractivity contribution >= 4 is 6.03 Å². The number of carbonyl (C=O) groups excluding carboxylic acids is 1. The molecule has 146 valence electrons. The topological polar surface area (TPSA) is 79.5 Å². The molecule has 0 aliphatic carbocycles. The minimum atomic E-state index is -0.0597. The van der Waals surface area contributed by atoms with Crippen LogP contribution in [0.1, 0.15) is 43.5 Å². The van der Waals surface area contributed by atoms with Gasteiger partial charge in [-0.2, -0.15) is 0 Å². The fourth-order valence-electron chi connectivity index (χ4n) is 3.40. The van der Waals surface area contributed by atoms with Crippen LogP contribution in [0.4, 0.5) is 4.79 Å². The molecule has 27 heavy (non-hydrogen) atoms. The van der Waals surface area contributed by atoms with Crippen LogP contribution in [0.15, 0.2) is 30.6 Å². The van der Waals surface area contributed by atoms with Crippen LogP contribution in [0.25, 0.3) is 0 Å². The molecule has 2 amide bonds. The first-order valence-corrected chi connectivity index (χ1v) is 9.53. The number of likely N-dealkylation sites (tertiary alicyclic amines) is 1. The SMILES string of the molecule is CCCOc1c(CNC(=O)N2CCC[C@@H](c3ncc[nH]3)C2)cccc1OC. The molecule has 1 saturated heterocycles. The molecule has 1 aromatic heterocycles. The summed E-state index contributed by atoms with van der Waals surface area (Å²) >= 11 is 0. The summed E-state index contributed by atoms with van der Waals surface area (Å²) in [6.45, 7) is 4.51. The number of carbonyl (C=O) groups is 1. The summed E-state index contributed by atoms with van der Waals surface area (Å²) in [7, 11) is 1.62. The normalized spacial score (nSPS) is 16.8. The predicted octanol–water partition coefficient (Wildman–Crippen LogP) is 3.30. The summed E-state index contributed by atoms with van der Waals surface area (Å²) in [5.41, 5.74) is 0.913. The molecular formula is C20H28N4O3. The quantitative estimate of drug-likeness (QED) is 0.782. The molecule has 2 aromatic rings. The molecule has 1 fully saturated rings. The standard InChI is InChI=1S/C20H28N4O3/c1-3-12-27-18-15(6-4-8-17(18)26-2)13-23-20(25)24-11-5-7-16(14-24)19-21-9-10-22-19/h4,6,8-10,16H,3,5,7,11-14H2,1-2H3,(H,21,22)(H,23,25)/t16-/m1/s1. The largest absolute Gasteiger partial charge is 0.493 e. The van der Waals surface area contributed by atoms with Crippen molar-refractivity contribution in [2.75, 3.05) is 26.8 Å². The predicted molar refractivity (Wildman–Crippen MR) is 103 cm³/mol. The fraction of sp³-hybridized carbons (Fsp3) is 0.500. The highest BCUT2D eigenvalue weighted by atomic mass is 16.5. The van der Waals surface area contributed by atoms with Gasteiger partial charge in [-0.05, 0) is 25.3 Å². The van der Waals surface area contributed by atoms with Gasteiger partial charge < -0.3 is 24.7 Å². The third kappa shape index (κ3) is 4.72. The highest BCUT2D eigenvalue weighted by Gasteiger charge is 2.26. The van der Waals surface area contributed by atoms with Gasteiger partial charge >= 0.3 is 6.03 Å². The van der Waals surface area contributed by atoms with E-state index in [1.165, 1.54) is 0 Å². The Morgan fingerprint density at radius 2 is 2.33 bits per heavy atom. The summed E-state index contributed by atoms with van der Waals surface area (Å²) in [5.74, 6) is 2.61. The number of nitrogens with zero attached hydrogens (tertiary/aromatic N) is 2. The molecule has 7 heteroatoms. The molecule has 0 unspecified atom stereocenters. The highest BCUT2D eigenvalue weighted by Crippen LogP contribution is 2.31. The molecule has 0 bridgehead atoms. The van der Waals surface area contributed by atoms with Crippen molar-refractivity contribution < 1.29 is 14.3 Å². The number of aromatic nitrogens is 2. The first-order chi connectivity index (χ1) is 13.2. The van der Waals surface area contributed by atoms with E-state index in [9.17, 15) is 4.79 Å². The van der Waals surface area contributed by atoms with Gasteiger partial charge in [0.25, 0.3) is 0 Å². The molecule has 1 aliphatic heterocycles. The Balaban J connectivity index is 1.62. The lowest BCUT2D eigenvalue weighted by molar-refractivity contribution is 0.178. The Morgan fingerprint density at radius 3 is 3.07 bits per heavy atom. The zero-order valence-electron chi connectivity index (χ0n) is 16.0. The first-order valence-electron chi connectivity index (χ1n) is 9.53. The molecule has 0 saturated carbocycles. The van der Waals surface area contributed by atoms with E-state index in [1.807, 2.05) is 29.3 Å². The van der Waals surface area contributed by atoms with Crippen molar-refractivity contribution in [3.8, 4) is 11.5 Å². The molecule has 1 aliphatic rings. The van der Waals surface area contributed by atoms with E-state index in [2.05, 4.69) is 22.2 Å². The van der Waals surface area contributed by atoms with Gasteiger partial charge in [0.1, 0.15) is 5.82 Å². The van der Waals surface area contributed by atoms with Crippen molar-refractivity contribution in [1.29, 1.82) is 0 Å². The lowest BCUT2D eigenvalue weighted by Gasteiger charge is -2.32. The van der Waals surface area contributed by atoms with Gasteiger partial charge in [-0.25, -0.2) is 9.78 Å². The van der Waals surface area contributed by atoms with Gasteiger partial charge in [-0.1, -0.05) is 19.1 Å². The number of amides is 2. The van der Waals surface area contributed by atoms with Crippen LogP contribution in [0.5, 0.6) is 11.5 Å². The first kappa shape index (κ1) is 19.1. The minimum absolute atomic E-state index is 0.0597. The molecule has 0 radical (unpaired) electrons. The molecule has 1 aromatic carbocycles. The van der Waals surface area contributed by atoms with Gasteiger partial charge in [-0.3, -0.25) is 0 Å². The van der Waals surface area contributed by atoms with E-state index in [1.54, 1.807) is 13.3 Å². The third-order valence-corrected chi connectivity index (χ3v) is 4.78. The van der Waals surface area contributed by atoms with Crippen molar-refractivity contribution in [2.45, 2.75) is 38.6 Å². The average molecular weight is 372 g/mol. The van der Waals surface area contributed by atoms with E-state index in [0.717, 1.165) is 37.2 Å². The van der Waals surface area contributed by atoms with Crippen molar-refractivity contribution in [3.63, 3.8) is 0 Å². The number of urea groups is 1. The number of hydrogen-bond donors (Lipinski definition) is 2. The van der Waals surface area contributed by atoms with Gasteiger partial charge in [0.05, 0.1) is 13.7 Å². The molecule has 2 heterocycles. The number of methoxy groups -OCH3 is 1. The highest BCUT2D eigenvalue weighted by molar-refractivity contribution is 5.74. The third-order valence-electron chi connectivity index (χ3n) is 4.78. The van der Waals surface area contributed by atoms with Crippen LogP contribution in [0.2, 0.25) is 0 Å². The van der Waals surface area contributed by atoms with Crippen LogP contribution in [-0.2, 0) is 6.54 Å². The number of hydrogen-bond acceptors (Lipinski definition) is 4. The number of imidazole rings is 1. The maximum Gasteiger partial charge on any atom is 0.317 e. The Bertz CT molecular complexity index is 733. The van der Waals surface area contributed by atoms with Crippen LogP contribution < -0.4 is 14.8 Å². The van der Waals surface area contributed by atoms with Gasteiger partial charge in [-0.15, -0.1) is 0 Å². The maximum absolute atomic E-state index is 12.7. The van der Waals surface area contributed by atoms with Crippen LogP contribution in [0.3, 0.4) is 0 Å². The van der Waals surface area contributed by atoms with Crippen LogP contribution in [0, 0.1) is 0 Å². The second-order valence-electron chi connectivity index (χ2n) is 6.72. The lowest BCUT2D eigenvalue weighted by atomic mass is 9.98. The molecule has 1 atom stereocenters.